The van der Waals surface area contributed by atoms with Crippen LogP contribution in [0.1, 0.15) is 31.1 Å². The normalized spacial score (nSPS) is 11.6. The molecule has 0 aliphatic rings. The SMILES string of the molecule is Cc1ccc2cc(CCO)n(C(C)C)c2c1. The molecule has 1 aromatic heterocycles. The Morgan fingerprint density at radius 1 is 1.25 bits per heavy atom. The van der Waals surface area contributed by atoms with E-state index < -0.39 is 0 Å². The predicted molar refractivity (Wildman–Crippen MR) is 67.8 cm³/mol. The maximum atomic E-state index is 9.09. The van der Waals surface area contributed by atoms with Crippen LogP contribution in [0.5, 0.6) is 0 Å². The Balaban J connectivity index is 2.67. The van der Waals surface area contributed by atoms with Crippen LogP contribution in [-0.4, -0.2) is 16.3 Å². The monoisotopic (exact) mass is 217 g/mol. The van der Waals surface area contributed by atoms with Gasteiger partial charge in [-0.25, -0.2) is 0 Å². The number of hydrogen-bond donors (Lipinski definition) is 1. The van der Waals surface area contributed by atoms with E-state index in [0.29, 0.717) is 6.04 Å². The predicted octanol–water partition coefficient (Wildman–Crippen LogP) is 3.07. The average molecular weight is 217 g/mol. The fourth-order valence-corrected chi connectivity index (χ4v) is 2.31. The highest BCUT2D eigenvalue weighted by molar-refractivity contribution is 5.82. The summed E-state index contributed by atoms with van der Waals surface area (Å²) < 4.78 is 2.32. The minimum absolute atomic E-state index is 0.210. The third-order valence-electron chi connectivity index (χ3n) is 2.96. The smallest absolute Gasteiger partial charge is 0.0487 e. The second-order valence-electron chi connectivity index (χ2n) is 4.64. The molecular weight excluding hydrogens is 198 g/mol. The van der Waals surface area contributed by atoms with Gasteiger partial charge >= 0.3 is 0 Å². The summed E-state index contributed by atoms with van der Waals surface area (Å²) in [4.78, 5) is 0. The highest BCUT2D eigenvalue weighted by Crippen LogP contribution is 2.25. The van der Waals surface area contributed by atoms with Crippen molar-refractivity contribution in [3.05, 3.63) is 35.5 Å². The van der Waals surface area contributed by atoms with Crippen molar-refractivity contribution in [2.24, 2.45) is 0 Å². The van der Waals surface area contributed by atoms with Crippen molar-refractivity contribution in [3.8, 4) is 0 Å². The molecule has 0 aliphatic heterocycles. The molecule has 2 heteroatoms. The Morgan fingerprint density at radius 3 is 2.62 bits per heavy atom. The molecule has 0 aliphatic carbocycles. The van der Waals surface area contributed by atoms with Crippen molar-refractivity contribution in [3.63, 3.8) is 0 Å². The van der Waals surface area contributed by atoms with E-state index in [1.807, 2.05) is 0 Å². The van der Waals surface area contributed by atoms with E-state index >= 15 is 0 Å². The van der Waals surface area contributed by atoms with E-state index in [1.165, 1.54) is 22.2 Å². The van der Waals surface area contributed by atoms with Gasteiger partial charge in [-0.15, -0.1) is 0 Å². The van der Waals surface area contributed by atoms with Crippen molar-refractivity contribution in [2.45, 2.75) is 33.2 Å². The van der Waals surface area contributed by atoms with Crippen LogP contribution in [0.3, 0.4) is 0 Å². The lowest BCUT2D eigenvalue weighted by Gasteiger charge is -2.14. The molecule has 0 unspecified atom stereocenters. The number of nitrogens with zero attached hydrogens (tertiary/aromatic N) is 1. The molecule has 0 saturated carbocycles. The topological polar surface area (TPSA) is 25.2 Å². The molecule has 2 nitrogen and oxygen atoms in total. The first-order valence-corrected chi connectivity index (χ1v) is 5.85. The maximum Gasteiger partial charge on any atom is 0.0487 e. The summed E-state index contributed by atoms with van der Waals surface area (Å²) >= 11 is 0. The number of aryl methyl sites for hydroxylation is 1. The van der Waals surface area contributed by atoms with Gasteiger partial charge in [0, 0.05) is 30.3 Å². The first-order valence-electron chi connectivity index (χ1n) is 5.85. The van der Waals surface area contributed by atoms with Crippen LogP contribution in [0.25, 0.3) is 10.9 Å². The largest absolute Gasteiger partial charge is 0.396 e. The number of hydrogen-bond acceptors (Lipinski definition) is 1. The van der Waals surface area contributed by atoms with Gasteiger partial charge in [-0.3, -0.25) is 0 Å². The van der Waals surface area contributed by atoms with Gasteiger partial charge in [-0.1, -0.05) is 12.1 Å². The minimum atomic E-state index is 0.210. The Morgan fingerprint density at radius 2 is 2.00 bits per heavy atom. The summed E-state index contributed by atoms with van der Waals surface area (Å²) in [5.41, 5.74) is 3.78. The van der Waals surface area contributed by atoms with Crippen LogP contribution >= 0.6 is 0 Å². The average Bonchev–Trinajstić information content (AvgIpc) is 2.55. The molecule has 0 fully saturated rings. The first-order chi connectivity index (χ1) is 7.63. The zero-order chi connectivity index (χ0) is 11.7. The summed E-state index contributed by atoms with van der Waals surface area (Å²) in [6, 6.07) is 9.13. The van der Waals surface area contributed by atoms with Crippen LogP contribution < -0.4 is 0 Å². The molecule has 2 aromatic rings. The van der Waals surface area contributed by atoms with Crippen molar-refractivity contribution >= 4 is 10.9 Å². The van der Waals surface area contributed by atoms with Gasteiger partial charge in [-0.05, 0) is 43.9 Å². The van der Waals surface area contributed by atoms with Crippen LogP contribution in [0.4, 0.5) is 0 Å². The number of rotatable bonds is 3. The van der Waals surface area contributed by atoms with Gasteiger partial charge in [0.25, 0.3) is 0 Å². The molecule has 0 amide bonds. The third kappa shape index (κ3) is 1.85. The lowest BCUT2D eigenvalue weighted by Crippen LogP contribution is -2.06. The van der Waals surface area contributed by atoms with Gasteiger partial charge < -0.3 is 9.67 Å². The molecule has 2 rings (SSSR count). The Bertz CT molecular complexity index is 497. The Labute approximate surface area is 96.5 Å². The zero-order valence-electron chi connectivity index (χ0n) is 10.2. The fourth-order valence-electron chi connectivity index (χ4n) is 2.31. The Hall–Kier alpha value is -1.28. The van der Waals surface area contributed by atoms with Crippen molar-refractivity contribution in [1.29, 1.82) is 0 Å². The van der Waals surface area contributed by atoms with Crippen LogP contribution in [0, 0.1) is 6.92 Å². The molecule has 16 heavy (non-hydrogen) atoms. The van der Waals surface area contributed by atoms with E-state index in [2.05, 4.69) is 49.6 Å². The number of aliphatic hydroxyl groups is 1. The molecule has 0 bridgehead atoms. The lowest BCUT2D eigenvalue weighted by atomic mass is 10.2. The number of aliphatic hydroxyl groups excluding tert-OH is 1. The second-order valence-corrected chi connectivity index (χ2v) is 4.64. The summed E-state index contributed by atoms with van der Waals surface area (Å²) in [6.45, 7) is 6.69. The molecule has 86 valence electrons. The summed E-state index contributed by atoms with van der Waals surface area (Å²) in [7, 11) is 0. The van der Waals surface area contributed by atoms with Crippen molar-refractivity contribution in [1.82, 2.24) is 4.57 Å². The summed E-state index contributed by atoms with van der Waals surface area (Å²) in [6.07, 6.45) is 0.728. The Kier molecular flexibility index (Phi) is 3.01. The third-order valence-corrected chi connectivity index (χ3v) is 2.96. The molecule has 0 spiro atoms. The maximum absolute atomic E-state index is 9.09. The summed E-state index contributed by atoms with van der Waals surface area (Å²) in [5, 5.41) is 10.4. The van der Waals surface area contributed by atoms with Crippen LogP contribution in [0.2, 0.25) is 0 Å². The van der Waals surface area contributed by atoms with E-state index in [0.717, 1.165) is 6.42 Å². The fraction of sp³-hybridized carbons (Fsp3) is 0.429. The highest BCUT2D eigenvalue weighted by Gasteiger charge is 2.10. The molecule has 1 aromatic carbocycles. The van der Waals surface area contributed by atoms with Crippen LogP contribution in [0.15, 0.2) is 24.3 Å². The van der Waals surface area contributed by atoms with E-state index in [1.54, 1.807) is 0 Å². The summed E-state index contributed by atoms with van der Waals surface area (Å²) in [5.74, 6) is 0. The number of aromatic nitrogens is 1. The quantitative estimate of drug-likeness (QED) is 0.839. The van der Waals surface area contributed by atoms with Gasteiger partial charge in [0.2, 0.25) is 0 Å². The molecule has 0 radical (unpaired) electrons. The van der Waals surface area contributed by atoms with Crippen LogP contribution in [-0.2, 0) is 6.42 Å². The molecule has 0 atom stereocenters. The van der Waals surface area contributed by atoms with E-state index in [9.17, 15) is 0 Å². The molecule has 1 heterocycles. The molecular formula is C14H19NO. The van der Waals surface area contributed by atoms with Crippen molar-refractivity contribution in [2.75, 3.05) is 6.61 Å². The van der Waals surface area contributed by atoms with Gasteiger partial charge in [-0.2, -0.15) is 0 Å². The van der Waals surface area contributed by atoms with E-state index in [-0.39, 0.29) is 6.61 Å². The first kappa shape index (κ1) is 11.2. The van der Waals surface area contributed by atoms with E-state index in [4.69, 9.17) is 5.11 Å². The molecule has 1 N–H and O–H groups in total. The van der Waals surface area contributed by atoms with Gasteiger partial charge in [0.05, 0.1) is 0 Å². The van der Waals surface area contributed by atoms with Gasteiger partial charge in [0.15, 0.2) is 0 Å². The number of fused-ring (bicyclic) bond motifs is 1. The van der Waals surface area contributed by atoms with Gasteiger partial charge in [0.1, 0.15) is 0 Å². The molecule has 0 saturated heterocycles. The minimum Gasteiger partial charge on any atom is -0.396 e. The highest BCUT2D eigenvalue weighted by atomic mass is 16.3. The standard InChI is InChI=1S/C14H19NO/c1-10(2)15-13(6-7-16)9-12-5-4-11(3)8-14(12)15/h4-5,8-10,16H,6-7H2,1-3H3. The number of benzene rings is 1. The lowest BCUT2D eigenvalue weighted by molar-refractivity contribution is 0.296. The zero-order valence-corrected chi connectivity index (χ0v) is 10.2. The second kappa shape index (κ2) is 4.30. The van der Waals surface area contributed by atoms with Crippen molar-refractivity contribution < 1.29 is 5.11 Å².